The largest absolute Gasteiger partial charge is 0.395 e. The number of rotatable bonds is 5. The molecule has 2 N–H and O–H groups in total. The highest BCUT2D eigenvalue weighted by Gasteiger charge is 2.35. The average Bonchev–Trinajstić information content (AvgIpc) is 3.06. The van der Waals surface area contributed by atoms with Gasteiger partial charge in [0, 0.05) is 43.8 Å². The Kier molecular flexibility index (Phi) is 3.89. The van der Waals surface area contributed by atoms with Crippen LogP contribution < -0.4 is 5.32 Å². The lowest BCUT2D eigenvalue weighted by atomic mass is 10.1. The fourth-order valence-corrected chi connectivity index (χ4v) is 3.53. The standard InChI is InChI=1S/C14H27N3O/c1-11-7-16-6-2-3-14(16)9-17(11)8-13(10-18)15-12-4-5-12/h11-15,18H,2-10H2,1H3. The molecule has 3 atom stereocenters. The van der Waals surface area contributed by atoms with Gasteiger partial charge < -0.3 is 10.4 Å². The van der Waals surface area contributed by atoms with Gasteiger partial charge in [0.05, 0.1) is 6.61 Å². The maximum atomic E-state index is 9.51. The fourth-order valence-electron chi connectivity index (χ4n) is 3.53. The maximum Gasteiger partial charge on any atom is 0.0597 e. The third-order valence-electron chi connectivity index (χ3n) is 4.79. The van der Waals surface area contributed by atoms with E-state index < -0.39 is 0 Å². The van der Waals surface area contributed by atoms with Gasteiger partial charge in [0.1, 0.15) is 0 Å². The molecule has 2 saturated heterocycles. The monoisotopic (exact) mass is 253 g/mol. The smallest absolute Gasteiger partial charge is 0.0597 e. The summed E-state index contributed by atoms with van der Waals surface area (Å²) in [7, 11) is 0. The molecule has 1 saturated carbocycles. The van der Waals surface area contributed by atoms with E-state index in [0.717, 1.165) is 12.6 Å². The van der Waals surface area contributed by atoms with Crippen LogP contribution in [0, 0.1) is 0 Å². The minimum atomic E-state index is 0.271. The number of aliphatic hydroxyl groups excluding tert-OH is 1. The van der Waals surface area contributed by atoms with Gasteiger partial charge in [-0.2, -0.15) is 0 Å². The van der Waals surface area contributed by atoms with Gasteiger partial charge in [0.15, 0.2) is 0 Å². The summed E-state index contributed by atoms with van der Waals surface area (Å²) in [5, 5.41) is 13.1. The SMILES string of the molecule is CC1CN2CCCC2CN1CC(CO)NC1CC1. The highest BCUT2D eigenvalue weighted by molar-refractivity contribution is 4.93. The molecule has 104 valence electrons. The van der Waals surface area contributed by atoms with Crippen molar-refractivity contribution in [2.75, 3.05) is 32.8 Å². The Labute approximate surface area is 110 Å². The van der Waals surface area contributed by atoms with Crippen molar-refractivity contribution >= 4 is 0 Å². The maximum absolute atomic E-state index is 9.51. The van der Waals surface area contributed by atoms with Crippen LogP contribution in [0.2, 0.25) is 0 Å². The summed E-state index contributed by atoms with van der Waals surface area (Å²) in [5.74, 6) is 0. The first-order valence-corrected chi connectivity index (χ1v) is 7.61. The van der Waals surface area contributed by atoms with Crippen LogP contribution in [0.4, 0.5) is 0 Å². The average molecular weight is 253 g/mol. The van der Waals surface area contributed by atoms with Gasteiger partial charge in [-0.1, -0.05) is 0 Å². The molecule has 18 heavy (non-hydrogen) atoms. The van der Waals surface area contributed by atoms with Gasteiger partial charge in [0.2, 0.25) is 0 Å². The van der Waals surface area contributed by atoms with Crippen molar-refractivity contribution in [3.63, 3.8) is 0 Å². The highest BCUT2D eigenvalue weighted by Crippen LogP contribution is 2.25. The lowest BCUT2D eigenvalue weighted by molar-refractivity contribution is 0.0460. The summed E-state index contributed by atoms with van der Waals surface area (Å²) in [5.41, 5.74) is 0. The summed E-state index contributed by atoms with van der Waals surface area (Å²) in [6, 6.07) is 2.37. The van der Waals surface area contributed by atoms with Gasteiger partial charge in [0.25, 0.3) is 0 Å². The second-order valence-electron chi connectivity index (χ2n) is 6.41. The van der Waals surface area contributed by atoms with Crippen LogP contribution in [0.15, 0.2) is 0 Å². The summed E-state index contributed by atoms with van der Waals surface area (Å²) in [4.78, 5) is 5.24. The van der Waals surface area contributed by atoms with Gasteiger partial charge in [-0.05, 0) is 39.2 Å². The van der Waals surface area contributed by atoms with Crippen LogP contribution in [-0.2, 0) is 0 Å². The molecule has 0 spiro atoms. The van der Waals surface area contributed by atoms with Gasteiger partial charge in [-0.25, -0.2) is 0 Å². The number of hydrogen-bond donors (Lipinski definition) is 2. The molecular formula is C14H27N3O. The first-order chi connectivity index (χ1) is 8.76. The first-order valence-electron chi connectivity index (χ1n) is 7.61. The number of piperazine rings is 1. The van der Waals surface area contributed by atoms with E-state index in [1.54, 1.807) is 0 Å². The van der Waals surface area contributed by atoms with Crippen LogP contribution in [0.1, 0.15) is 32.6 Å². The number of nitrogens with zero attached hydrogens (tertiary/aromatic N) is 2. The quantitative estimate of drug-likeness (QED) is 0.738. The van der Waals surface area contributed by atoms with Gasteiger partial charge in [-0.15, -0.1) is 0 Å². The van der Waals surface area contributed by atoms with Crippen molar-refractivity contribution in [3.8, 4) is 0 Å². The van der Waals surface area contributed by atoms with Crippen LogP contribution in [0.3, 0.4) is 0 Å². The van der Waals surface area contributed by atoms with Crippen LogP contribution in [0.25, 0.3) is 0 Å². The topological polar surface area (TPSA) is 38.7 Å². The molecule has 2 heterocycles. The first kappa shape index (κ1) is 12.9. The lowest BCUT2D eigenvalue weighted by Gasteiger charge is -2.43. The molecule has 0 radical (unpaired) electrons. The second-order valence-corrected chi connectivity index (χ2v) is 6.41. The Hall–Kier alpha value is -0.160. The minimum absolute atomic E-state index is 0.271. The Morgan fingerprint density at radius 2 is 2.11 bits per heavy atom. The van der Waals surface area contributed by atoms with E-state index in [-0.39, 0.29) is 12.6 Å². The number of fused-ring (bicyclic) bond motifs is 1. The number of aliphatic hydroxyl groups is 1. The summed E-state index contributed by atoms with van der Waals surface area (Å²) in [6.07, 6.45) is 5.32. The number of nitrogens with one attached hydrogen (secondary N) is 1. The summed E-state index contributed by atoms with van der Waals surface area (Å²) < 4.78 is 0. The lowest BCUT2D eigenvalue weighted by Crippen LogP contribution is -2.58. The van der Waals surface area contributed by atoms with E-state index in [2.05, 4.69) is 22.0 Å². The molecule has 3 unspecified atom stereocenters. The third-order valence-corrected chi connectivity index (χ3v) is 4.79. The molecule has 3 aliphatic rings. The van der Waals surface area contributed by atoms with E-state index in [4.69, 9.17) is 0 Å². The van der Waals surface area contributed by atoms with Crippen LogP contribution in [0.5, 0.6) is 0 Å². The zero-order chi connectivity index (χ0) is 12.5. The molecule has 0 aromatic carbocycles. The molecule has 3 rings (SSSR count). The Balaban J connectivity index is 1.53. The molecule has 4 nitrogen and oxygen atoms in total. The molecular weight excluding hydrogens is 226 g/mol. The van der Waals surface area contributed by atoms with Crippen molar-refractivity contribution in [1.82, 2.24) is 15.1 Å². The molecule has 3 fully saturated rings. The Bertz CT molecular complexity index is 282. The zero-order valence-electron chi connectivity index (χ0n) is 11.5. The predicted molar refractivity (Wildman–Crippen MR) is 72.7 cm³/mol. The Morgan fingerprint density at radius 1 is 1.28 bits per heavy atom. The van der Waals surface area contributed by atoms with Crippen LogP contribution in [-0.4, -0.2) is 71.9 Å². The normalized spacial score (nSPS) is 35.7. The zero-order valence-corrected chi connectivity index (χ0v) is 11.5. The van der Waals surface area contributed by atoms with E-state index in [1.807, 2.05) is 0 Å². The van der Waals surface area contributed by atoms with Crippen molar-refractivity contribution in [1.29, 1.82) is 0 Å². The minimum Gasteiger partial charge on any atom is -0.395 e. The summed E-state index contributed by atoms with van der Waals surface area (Å²) in [6.45, 7) is 7.33. The molecule has 0 aromatic rings. The number of hydrogen-bond acceptors (Lipinski definition) is 4. The second kappa shape index (κ2) is 5.45. The molecule has 0 aromatic heterocycles. The fraction of sp³-hybridized carbons (Fsp3) is 1.00. The molecule has 0 amide bonds. The summed E-state index contributed by atoms with van der Waals surface area (Å²) >= 11 is 0. The highest BCUT2D eigenvalue weighted by atomic mass is 16.3. The molecule has 4 heteroatoms. The van der Waals surface area contributed by atoms with Crippen molar-refractivity contribution in [2.24, 2.45) is 0 Å². The van der Waals surface area contributed by atoms with Crippen molar-refractivity contribution in [2.45, 2.75) is 56.8 Å². The Morgan fingerprint density at radius 3 is 2.83 bits per heavy atom. The molecule has 1 aliphatic carbocycles. The van der Waals surface area contributed by atoms with E-state index in [0.29, 0.717) is 12.1 Å². The van der Waals surface area contributed by atoms with E-state index in [1.165, 1.54) is 45.3 Å². The van der Waals surface area contributed by atoms with E-state index >= 15 is 0 Å². The van der Waals surface area contributed by atoms with Gasteiger partial charge in [-0.3, -0.25) is 9.80 Å². The van der Waals surface area contributed by atoms with Gasteiger partial charge >= 0.3 is 0 Å². The van der Waals surface area contributed by atoms with Crippen LogP contribution >= 0.6 is 0 Å². The van der Waals surface area contributed by atoms with Crippen molar-refractivity contribution in [3.05, 3.63) is 0 Å². The predicted octanol–water partition coefficient (Wildman–Crippen LogP) is 0.268. The van der Waals surface area contributed by atoms with E-state index in [9.17, 15) is 5.11 Å². The third kappa shape index (κ3) is 2.87. The molecule has 2 aliphatic heterocycles. The van der Waals surface area contributed by atoms with Crippen molar-refractivity contribution < 1.29 is 5.11 Å². The molecule has 0 bridgehead atoms.